The number of thioether (sulfide) groups is 1. The number of aromatic nitrogens is 3. The zero-order chi connectivity index (χ0) is 22.9. The lowest BCUT2D eigenvalue weighted by atomic mass is 10.2. The van der Waals surface area contributed by atoms with Gasteiger partial charge in [-0.3, -0.25) is 4.79 Å². The van der Waals surface area contributed by atoms with Gasteiger partial charge in [0.1, 0.15) is 5.75 Å². The smallest absolute Gasteiger partial charge is 0.237 e. The van der Waals surface area contributed by atoms with Crippen LogP contribution in [-0.4, -0.2) is 33.0 Å². The summed E-state index contributed by atoms with van der Waals surface area (Å²) in [7, 11) is 1.59. The molecule has 1 amide bonds. The van der Waals surface area contributed by atoms with E-state index in [0.717, 1.165) is 35.9 Å². The first-order chi connectivity index (χ1) is 15.5. The number of unbranched alkanes of at least 4 members (excludes halogenated alkanes) is 3. The normalized spacial score (nSPS) is 11.9. The van der Waals surface area contributed by atoms with E-state index >= 15 is 0 Å². The summed E-state index contributed by atoms with van der Waals surface area (Å²) in [6.45, 7) is 4.86. The Bertz CT molecular complexity index is 1020. The summed E-state index contributed by atoms with van der Waals surface area (Å²) < 4.78 is 7.44. The van der Waals surface area contributed by atoms with Crippen molar-refractivity contribution in [3.05, 3.63) is 53.6 Å². The second kappa shape index (κ2) is 11.9. The summed E-state index contributed by atoms with van der Waals surface area (Å²) in [6.07, 6.45) is 4.54. The summed E-state index contributed by atoms with van der Waals surface area (Å²) in [6, 6.07) is 15.0. The minimum atomic E-state index is -0.364. The molecule has 1 unspecified atom stereocenters. The molecule has 0 spiro atoms. The van der Waals surface area contributed by atoms with Crippen molar-refractivity contribution in [2.24, 2.45) is 0 Å². The predicted octanol–water partition coefficient (Wildman–Crippen LogP) is 6.31. The largest absolute Gasteiger partial charge is 0.495 e. The van der Waals surface area contributed by atoms with Crippen LogP contribution in [0, 0.1) is 0 Å². The minimum absolute atomic E-state index is 0.118. The number of rotatable bonds is 11. The highest BCUT2D eigenvalue weighted by molar-refractivity contribution is 8.00. The summed E-state index contributed by atoms with van der Waals surface area (Å²) in [4.78, 5) is 12.9. The molecule has 0 aliphatic rings. The van der Waals surface area contributed by atoms with Crippen LogP contribution in [0.3, 0.4) is 0 Å². The number of carbonyl (C=O) groups excluding carboxylic acids is 1. The average Bonchev–Trinajstić information content (AvgIpc) is 3.19. The highest BCUT2D eigenvalue weighted by Gasteiger charge is 2.21. The molecule has 170 valence electrons. The van der Waals surface area contributed by atoms with Crippen LogP contribution in [0.2, 0.25) is 5.02 Å². The SMILES string of the molecule is CCCCCCn1c(SC(C)C(=O)Nc2ccccc2OC)nnc1-c1ccc(Cl)cc1. The monoisotopic (exact) mass is 472 g/mol. The molecule has 1 N–H and O–H groups in total. The number of anilines is 1. The summed E-state index contributed by atoms with van der Waals surface area (Å²) in [5.74, 6) is 1.30. The number of hydrogen-bond acceptors (Lipinski definition) is 5. The molecule has 32 heavy (non-hydrogen) atoms. The van der Waals surface area contributed by atoms with Gasteiger partial charge in [0.25, 0.3) is 0 Å². The van der Waals surface area contributed by atoms with E-state index in [2.05, 4.69) is 27.0 Å². The number of amides is 1. The summed E-state index contributed by atoms with van der Waals surface area (Å²) in [5.41, 5.74) is 1.60. The standard InChI is InChI=1S/C24H29ClN4O2S/c1-4-5-6-9-16-29-22(18-12-14-19(25)15-13-18)27-28-24(29)32-17(2)23(30)26-20-10-7-8-11-21(20)31-3/h7-8,10-15,17H,4-6,9,16H2,1-3H3,(H,26,30). The second-order valence-electron chi connectivity index (χ2n) is 7.47. The quantitative estimate of drug-likeness (QED) is 0.261. The van der Waals surface area contributed by atoms with Gasteiger partial charge in [-0.2, -0.15) is 0 Å². The van der Waals surface area contributed by atoms with Crippen LogP contribution in [-0.2, 0) is 11.3 Å². The Kier molecular flexibility index (Phi) is 9.00. The van der Waals surface area contributed by atoms with Gasteiger partial charge in [0.05, 0.1) is 18.0 Å². The van der Waals surface area contributed by atoms with Crippen molar-refractivity contribution >= 4 is 35.0 Å². The maximum Gasteiger partial charge on any atom is 0.237 e. The van der Waals surface area contributed by atoms with Gasteiger partial charge >= 0.3 is 0 Å². The molecule has 0 saturated carbocycles. The van der Waals surface area contributed by atoms with Crippen molar-refractivity contribution < 1.29 is 9.53 Å². The summed E-state index contributed by atoms with van der Waals surface area (Å²) >= 11 is 7.46. The van der Waals surface area contributed by atoms with E-state index in [-0.39, 0.29) is 11.2 Å². The molecule has 6 nitrogen and oxygen atoms in total. The Labute approximate surface area is 198 Å². The van der Waals surface area contributed by atoms with Crippen molar-refractivity contribution in [1.82, 2.24) is 14.8 Å². The first-order valence-electron chi connectivity index (χ1n) is 10.8. The predicted molar refractivity (Wildman–Crippen MR) is 132 cm³/mol. The minimum Gasteiger partial charge on any atom is -0.495 e. The number of benzene rings is 2. The number of carbonyl (C=O) groups is 1. The van der Waals surface area contributed by atoms with E-state index < -0.39 is 0 Å². The molecule has 0 saturated heterocycles. The zero-order valence-electron chi connectivity index (χ0n) is 18.7. The third-order valence-corrected chi connectivity index (χ3v) is 6.40. The van der Waals surface area contributed by atoms with E-state index in [1.807, 2.05) is 55.5 Å². The summed E-state index contributed by atoms with van der Waals surface area (Å²) in [5, 5.41) is 12.8. The molecule has 1 heterocycles. The number of para-hydroxylation sites is 2. The molecule has 2 aromatic carbocycles. The molecule has 1 atom stereocenters. The van der Waals surface area contributed by atoms with E-state index in [1.54, 1.807) is 7.11 Å². The lowest BCUT2D eigenvalue weighted by Gasteiger charge is -2.15. The average molecular weight is 473 g/mol. The fourth-order valence-electron chi connectivity index (χ4n) is 3.28. The van der Waals surface area contributed by atoms with Gasteiger partial charge < -0.3 is 14.6 Å². The van der Waals surface area contributed by atoms with E-state index in [1.165, 1.54) is 24.6 Å². The van der Waals surface area contributed by atoms with Crippen LogP contribution in [0.25, 0.3) is 11.4 Å². The maximum absolute atomic E-state index is 12.9. The van der Waals surface area contributed by atoms with Gasteiger partial charge in [-0.05, 0) is 49.7 Å². The first kappa shape index (κ1) is 24.1. The lowest BCUT2D eigenvalue weighted by molar-refractivity contribution is -0.115. The molecule has 0 bridgehead atoms. The Morgan fingerprint density at radius 2 is 1.88 bits per heavy atom. The molecular formula is C24H29ClN4O2S. The van der Waals surface area contributed by atoms with Crippen LogP contribution >= 0.6 is 23.4 Å². The van der Waals surface area contributed by atoms with Crippen LogP contribution in [0.5, 0.6) is 5.75 Å². The molecule has 8 heteroatoms. The van der Waals surface area contributed by atoms with Gasteiger partial charge in [-0.25, -0.2) is 0 Å². The maximum atomic E-state index is 12.9. The number of methoxy groups -OCH3 is 1. The molecule has 1 aromatic heterocycles. The van der Waals surface area contributed by atoms with Crippen molar-refractivity contribution in [2.75, 3.05) is 12.4 Å². The number of nitrogens with zero attached hydrogens (tertiary/aromatic N) is 3. The van der Waals surface area contributed by atoms with E-state index in [9.17, 15) is 4.79 Å². The topological polar surface area (TPSA) is 69.0 Å². The molecule has 3 aromatic rings. The van der Waals surface area contributed by atoms with Crippen molar-refractivity contribution in [3.63, 3.8) is 0 Å². The number of ether oxygens (including phenoxy) is 1. The van der Waals surface area contributed by atoms with Gasteiger partial charge in [-0.15, -0.1) is 10.2 Å². The van der Waals surface area contributed by atoms with Gasteiger partial charge in [0.15, 0.2) is 11.0 Å². The molecular weight excluding hydrogens is 444 g/mol. The number of nitrogens with one attached hydrogen (secondary N) is 1. The van der Waals surface area contributed by atoms with E-state index in [0.29, 0.717) is 16.5 Å². The highest BCUT2D eigenvalue weighted by atomic mass is 35.5. The zero-order valence-corrected chi connectivity index (χ0v) is 20.2. The fourth-order valence-corrected chi connectivity index (χ4v) is 4.28. The van der Waals surface area contributed by atoms with Crippen molar-refractivity contribution in [2.45, 2.75) is 56.5 Å². The fraction of sp³-hybridized carbons (Fsp3) is 0.375. The third-order valence-electron chi connectivity index (χ3n) is 5.07. The van der Waals surface area contributed by atoms with Gasteiger partial charge in [0, 0.05) is 17.1 Å². The van der Waals surface area contributed by atoms with Gasteiger partial charge in [0.2, 0.25) is 5.91 Å². The second-order valence-corrected chi connectivity index (χ2v) is 9.22. The Morgan fingerprint density at radius 3 is 2.59 bits per heavy atom. The number of hydrogen-bond donors (Lipinski definition) is 1. The van der Waals surface area contributed by atoms with Crippen LogP contribution in [0.1, 0.15) is 39.5 Å². The molecule has 0 aliphatic carbocycles. The van der Waals surface area contributed by atoms with Gasteiger partial charge in [-0.1, -0.05) is 61.7 Å². The van der Waals surface area contributed by atoms with Crippen molar-refractivity contribution in [3.8, 4) is 17.1 Å². The van der Waals surface area contributed by atoms with Crippen LogP contribution < -0.4 is 10.1 Å². The molecule has 3 rings (SSSR count). The Hall–Kier alpha value is -2.51. The van der Waals surface area contributed by atoms with Crippen molar-refractivity contribution in [1.29, 1.82) is 0 Å². The Morgan fingerprint density at radius 1 is 1.12 bits per heavy atom. The van der Waals surface area contributed by atoms with Crippen LogP contribution in [0.4, 0.5) is 5.69 Å². The Balaban J connectivity index is 1.77. The van der Waals surface area contributed by atoms with E-state index in [4.69, 9.17) is 16.3 Å². The lowest BCUT2D eigenvalue weighted by Crippen LogP contribution is -2.23. The highest BCUT2D eigenvalue weighted by Crippen LogP contribution is 2.30. The number of halogens is 1. The molecule has 0 fully saturated rings. The van der Waals surface area contributed by atoms with Crippen LogP contribution in [0.15, 0.2) is 53.7 Å². The third kappa shape index (κ3) is 6.26. The molecule has 0 aliphatic heterocycles. The first-order valence-corrected chi connectivity index (χ1v) is 12.1. The molecule has 0 radical (unpaired) electrons.